The minimum atomic E-state index is 0.0153. The number of carbonyl (C=O) groups is 1. The molecule has 0 N–H and O–H groups in total. The standard InChI is InChI=1S/C17H26O2/c1-11(2)13-9-14(12(3)8-16(13)19-7)15(18)10-17(4,5)6/h8-9,11H,10H2,1-7H3. The van der Waals surface area contributed by atoms with Gasteiger partial charge in [-0.2, -0.15) is 0 Å². The van der Waals surface area contributed by atoms with Crippen molar-refractivity contribution in [3.05, 3.63) is 28.8 Å². The predicted molar refractivity (Wildman–Crippen MR) is 80.2 cm³/mol. The van der Waals surface area contributed by atoms with Crippen LogP contribution in [0.2, 0.25) is 0 Å². The van der Waals surface area contributed by atoms with Crippen molar-refractivity contribution in [2.24, 2.45) is 5.41 Å². The molecule has 0 heterocycles. The largest absolute Gasteiger partial charge is 0.496 e. The fourth-order valence-corrected chi connectivity index (χ4v) is 2.20. The maximum Gasteiger partial charge on any atom is 0.163 e. The van der Waals surface area contributed by atoms with Crippen LogP contribution in [-0.2, 0) is 0 Å². The van der Waals surface area contributed by atoms with E-state index in [0.29, 0.717) is 12.3 Å². The molecular formula is C17H26O2. The highest BCUT2D eigenvalue weighted by atomic mass is 16.5. The van der Waals surface area contributed by atoms with Crippen molar-refractivity contribution in [1.29, 1.82) is 0 Å². The van der Waals surface area contributed by atoms with Gasteiger partial charge in [0.05, 0.1) is 7.11 Å². The van der Waals surface area contributed by atoms with E-state index < -0.39 is 0 Å². The Labute approximate surface area is 117 Å². The van der Waals surface area contributed by atoms with E-state index in [4.69, 9.17) is 4.74 Å². The molecule has 0 unspecified atom stereocenters. The lowest BCUT2D eigenvalue weighted by molar-refractivity contribution is 0.0939. The van der Waals surface area contributed by atoms with Crippen LogP contribution in [0.3, 0.4) is 0 Å². The Bertz CT molecular complexity index is 465. The van der Waals surface area contributed by atoms with Gasteiger partial charge in [0.1, 0.15) is 5.75 Å². The molecule has 0 fully saturated rings. The molecule has 2 heteroatoms. The van der Waals surface area contributed by atoms with E-state index >= 15 is 0 Å². The Morgan fingerprint density at radius 2 is 1.84 bits per heavy atom. The van der Waals surface area contributed by atoms with Crippen molar-refractivity contribution < 1.29 is 9.53 Å². The normalized spacial score (nSPS) is 11.8. The number of benzene rings is 1. The molecule has 0 aliphatic carbocycles. The van der Waals surface area contributed by atoms with Crippen LogP contribution in [0.25, 0.3) is 0 Å². The summed E-state index contributed by atoms with van der Waals surface area (Å²) in [6.45, 7) is 12.5. The summed E-state index contributed by atoms with van der Waals surface area (Å²) >= 11 is 0. The van der Waals surface area contributed by atoms with Gasteiger partial charge in [-0.3, -0.25) is 4.79 Å². The fraction of sp³-hybridized carbons (Fsp3) is 0.588. The van der Waals surface area contributed by atoms with E-state index in [9.17, 15) is 4.79 Å². The lowest BCUT2D eigenvalue weighted by Gasteiger charge is -2.19. The molecule has 106 valence electrons. The topological polar surface area (TPSA) is 26.3 Å². The number of ether oxygens (including phenoxy) is 1. The first-order chi connectivity index (χ1) is 8.65. The molecule has 1 aromatic carbocycles. The molecule has 2 nitrogen and oxygen atoms in total. The summed E-state index contributed by atoms with van der Waals surface area (Å²) < 4.78 is 5.41. The number of hydrogen-bond acceptors (Lipinski definition) is 2. The molecule has 1 aromatic rings. The second-order valence-corrected chi connectivity index (χ2v) is 6.72. The van der Waals surface area contributed by atoms with Gasteiger partial charge in [-0.15, -0.1) is 0 Å². The highest BCUT2D eigenvalue weighted by Crippen LogP contribution is 2.31. The molecule has 19 heavy (non-hydrogen) atoms. The first-order valence-electron chi connectivity index (χ1n) is 6.87. The van der Waals surface area contributed by atoms with Crippen molar-refractivity contribution in [2.45, 2.75) is 53.9 Å². The van der Waals surface area contributed by atoms with E-state index in [0.717, 1.165) is 22.4 Å². The summed E-state index contributed by atoms with van der Waals surface area (Å²) in [5.74, 6) is 1.44. The van der Waals surface area contributed by atoms with Crippen molar-refractivity contribution in [3.8, 4) is 5.75 Å². The van der Waals surface area contributed by atoms with Crippen molar-refractivity contribution >= 4 is 5.78 Å². The van der Waals surface area contributed by atoms with Gasteiger partial charge in [0.25, 0.3) is 0 Å². The minimum Gasteiger partial charge on any atom is -0.496 e. The van der Waals surface area contributed by atoms with Gasteiger partial charge in [-0.05, 0) is 41.5 Å². The van der Waals surface area contributed by atoms with E-state index in [1.165, 1.54) is 0 Å². The lowest BCUT2D eigenvalue weighted by Crippen LogP contribution is -2.14. The monoisotopic (exact) mass is 262 g/mol. The smallest absolute Gasteiger partial charge is 0.163 e. The summed E-state index contributed by atoms with van der Waals surface area (Å²) in [6.07, 6.45) is 0.567. The van der Waals surface area contributed by atoms with Crippen molar-refractivity contribution in [2.75, 3.05) is 7.11 Å². The van der Waals surface area contributed by atoms with Crippen molar-refractivity contribution in [3.63, 3.8) is 0 Å². The molecule has 0 aromatic heterocycles. The second-order valence-electron chi connectivity index (χ2n) is 6.72. The molecular weight excluding hydrogens is 236 g/mol. The first-order valence-corrected chi connectivity index (χ1v) is 6.87. The number of ketones is 1. The molecule has 0 saturated carbocycles. The van der Waals surface area contributed by atoms with E-state index in [-0.39, 0.29) is 11.2 Å². The zero-order chi connectivity index (χ0) is 14.8. The van der Waals surface area contributed by atoms with Crippen molar-refractivity contribution in [1.82, 2.24) is 0 Å². The maximum atomic E-state index is 12.4. The van der Waals surface area contributed by atoms with Gasteiger partial charge in [0, 0.05) is 12.0 Å². The van der Waals surface area contributed by atoms with Gasteiger partial charge in [0.2, 0.25) is 0 Å². The molecule has 1 rings (SSSR count). The molecule has 0 spiro atoms. The average Bonchev–Trinajstić information content (AvgIpc) is 2.25. The van der Waals surface area contributed by atoms with Gasteiger partial charge < -0.3 is 4.74 Å². The Balaban J connectivity index is 3.22. The summed E-state index contributed by atoms with van der Waals surface area (Å²) in [6, 6.07) is 3.98. The number of methoxy groups -OCH3 is 1. The first kappa shape index (κ1) is 15.7. The summed E-state index contributed by atoms with van der Waals surface area (Å²) in [4.78, 5) is 12.4. The Morgan fingerprint density at radius 1 is 1.26 bits per heavy atom. The molecule has 0 bridgehead atoms. The van der Waals surface area contributed by atoms with Gasteiger partial charge in [0.15, 0.2) is 5.78 Å². The van der Waals surface area contributed by atoms with Crippen LogP contribution in [0.1, 0.15) is 68.4 Å². The average molecular weight is 262 g/mol. The number of hydrogen-bond donors (Lipinski definition) is 0. The molecule has 0 atom stereocenters. The molecule has 0 aliphatic rings. The Morgan fingerprint density at radius 3 is 2.26 bits per heavy atom. The van der Waals surface area contributed by atoms with Crippen LogP contribution >= 0.6 is 0 Å². The van der Waals surface area contributed by atoms with Crippen LogP contribution in [-0.4, -0.2) is 12.9 Å². The molecule has 0 amide bonds. The zero-order valence-corrected chi connectivity index (χ0v) is 13.3. The third kappa shape index (κ3) is 4.09. The number of aryl methyl sites for hydroxylation is 1. The third-order valence-corrected chi connectivity index (χ3v) is 3.19. The van der Waals surface area contributed by atoms with Gasteiger partial charge in [-0.25, -0.2) is 0 Å². The molecule has 0 saturated heterocycles. The van der Waals surface area contributed by atoms with Gasteiger partial charge >= 0.3 is 0 Å². The van der Waals surface area contributed by atoms with Gasteiger partial charge in [-0.1, -0.05) is 34.6 Å². The van der Waals surface area contributed by atoms with E-state index in [2.05, 4.69) is 34.6 Å². The highest BCUT2D eigenvalue weighted by molar-refractivity contribution is 5.98. The number of rotatable bonds is 4. The summed E-state index contributed by atoms with van der Waals surface area (Å²) in [7, 11) is 1.68. The third-order valence-electron chi connectivity index (χ3n) is 3.19. The molecule has 0 aliphatic heterocycles. The second kappa shape index (κ2) is 5.77. The van der Waals surface area contributed by atoms with Crippen LogP contribution in [0.4, 0.5) is 0 Å². The maximum absolute atomic E-state index is 12.4. The zero-order valence-electron chi connectivity index (χ0n) is 13.3. The van der Waals surface area contributed by atoms with E-state index in [1.54, 1.807) is 7.11 Å². The molecule has 0 radical (unpaired) electrons. The number of Topliss-reactive ketones (excluding diaryl/α,β-unsaturated/α-hetero) is 1. The number of carbonyl (C=O) groups excluding carboxylic acids is 1. The summed E-state index contributed by atoms with van der Waals surface area (Å²) in [5, 5.41) is 0. The lowest BCUT2D eigenvalue weighted by atomic mass is 9.85. The van der Waals surface area contributed by atoms with Crippen LogP contribution in [0.15, 0.2) is 12.1 Å². The SMILES string of the molecule is COc1cc(C)c(C(=O)CC(C)(C)C)cc1C(C)C. The predicted octanol–water partition coefficient (Wildman–Crippen LogP) is 4.75. The van der Waals surface area contributed by atoms with Crippen LogP contribution in [0, 0.1) is 12.3 Å². The van der Waals surface area contributed by atoms with E-state index in [1.807, 2.05) is 19.1 Å². The van der Waals surface area contributed by atoms with Crippen LogP contribution in [0.5, 0.6) is 5.75 Å². The Kier molecular flexibility index (Phi) is 4.78. The summed E-state index contributed by atoms with van der Waals surface area (Å²) in [5.41, 5.74) is 2.95. The highest BCUT2D eigenvalue weighted by Gasteiger charge is 2.20. The quantitative estimate of drug-likeness (QED) is 0.732. The fourth-order valence-electron chi connectivity index (χ4n) is 2.20. The minimum absolute atomic E-state index is 0.0153. The van der Waals surface area contributed by atoms with Crippen LogP contribution < -0.4 is 4.74 Å². The Hall–Kier alpha value is -1.31.